The standard InChI is InChI=1S/C12H12FNO2/c13-9-3-1-4-10(7-9)16-12(8-14)11-5-2-6-15-11/h1-7,12H,8,14H2. The number of furan rings is 1. The highest BCUT2D eigenvalue weighted by Gasteiger charge is 2.14. The van der Waals surface area contributed by atoms with Crippen LogP contribution in [0.5, 0.6) is 5.75 Å². The summed E-state index contributed by atoms with van der Waals surface area (Å²) in [5.74, 6) is 0.728. The number of hydrogen-bond donors (Lipinski definition) is 1. The van der Waals surface area contributed by atoms with Crippen molar-refractivity contribution in [3.8, 4) is 5.75 Å². The Balaban J connectivity index is 2.13. The molecule has 0 fully saturated rings. The van der Waals surface area contributed by atoms with Gasteiger partial charge in [-0.2, -0.15) is 0 Å². The second-order valence-electron chi connectivity index (χ2n) is 3.31. The third-order valence-electron chi connectivity index (χ3n) is 2.15. The van der Waals surface area contributed by atoms with E-state index >= 15 is 0 Å². The van der Waals surface area contributed by atoms with Crippen molar-refractivity contribution < 1.29 is 13.5 Å². The number of rotatable bonds is 4. The van der Waals surface area contributed by atoms with E-state index < -0.39 is 6.10 Å². The van der Waals surface area contributed by atoms with Crippen LogP contribution in [0, 0.1) is 5.82 Å². The molecular formula is C12H12FNO2. The fourth-order valence-corrected chi connectivity index (χ4v) is 1.40. The highest BCUT2D eigenvalue weighted by atomic mass is 19.1. The van der Waals surface area contributed by atoms with Crippen LogP contribution in [-0.2, 0) is 0 Å². The first-order valence-electron chi connectivity index (χ1n) is 4.95. The molecule has 1 heterocycles. The van der Waals surface area contributed by atoms with E-state index in [1.807, 2.05) is 0 Å². The molecule has 0 aliphatic carbocycles. The molecule has 1 aromatic carbocycles. The van der Waals surface area contributed by atoms with E-state index in [-0.39, 0.29) is 12.4 Å². The average Bonchev–Trinajstić information content (AvgIpc) is 2.79. The monoisotopic (exact) mass is 221 g/mol. The molecule has 0 aliphatic heterocycles. The molecule has 1 aromatic heterocycles. The molecule has 0 radical (unpaired) electrons. The van der Waals surface area contributed by atoms with Gasteiger partial charge in [-0.05, 0) is 24.3 Å². The Morgan fingerprint density at radius 3 is 2.81 bits per heavy atom. The highest BCUT2D eigenvalue weighted by Crippen LogP contribution is 2.21. The van der Waals surface area contributed by atoms with Crippen molar-refractivity contribution in [3.05, 3.63) is 54.2 Å². The second-order valence-corrected chi connectivity index (χ2v) is 3.31. The van der Waals surface area contributed by atoms with Crippen LogP contribution in [0.2, 0.25) is 0 Å². The molecule has 4 heteroatoms. The summed E-state index contributed by atoms with van der Waals surface area (Å²) in [5.41, 5.74) is 5.57. The summed E-state index contributed by atoms with van der Waals surface area (Å²) in [5, 5.41) is 0. The molecule has 2 aromatic rings. The van der Waals surface area contributed by atoms with Crippen LogP contribution in [0.4, 0.5) is 4.39 Å². The third-order valence-corrected chi connectivity index (χ3v) is 2.15. The lowest BCUT2D eigenvalue weighted by atomic mass is 10.2. The van der Waals surface area contributed by atoms with Gasteiger partial charge in [-0.15, -0.1) is 0 Å². The van der Waals surface area contributed by atoms with Crippen molar-refractivity contribution in [2.24, 2.45) is 5.73 Å². The van der Waals surface area contributed by atoms with Crippen molar-refractivity contribution in [2.75, 3.05) is 6.54 Å². The molecule has 0 spiro atoms. The van der Waals surface area contributed by atoms with Crippen LogP contribution in [0.3, 0.4) is 0 Å². The Labute approximate surface area is 92.6 Å². The molecule has 2 rings (SSSR count). The molecule has 0 amide bonds. The van der Waals surface area contributed by atoms with E-state index in [0.717, 1.165) is 0 Å². The van der Waals surface area contributed by atoms with Gasteiger partial charge in [0.1, 0.15) is 17.3 Å². The van der Waals surface area contributed by atoms with E-state index in [0.29, 0.717) is 11.5 Å². The van der Waals surface area contributed by atoms with Crippen LogP contribution in [0.25, 0.3) is 0 Å². The smallest absolute Gasteiger partial charge is 0.168 e. The Kier molecular flexibility index (Phi) is 3.22. The van der Waals surface area contributed by atoms with E-state index in [1.165, 1.54) is 12.1 Å². The molecule has 1 unspecified atom stereocenters. The van der Waals surface area contributed by atoms with Crippen LogP contribution >= 0.6 is 0 Å². The highest BCUT2D eigenvalue weighted by molar-refractivity contribution is 5.23. The molecule has 1 atom stereocenters. The lowest BCUT2D eigenvalue weighted by Gasteiger charge is -2.14. The zero-order valence-electron chi connectivity index (χ0n) is 8.60. The lowest BCUT2D eigenvalue weighted by Crippen LogP contribution is -2.17. The minimum absolute atomic E-state index is 0.268. The summed E-state index contributed by atoms with van der Waals surface area (Å²) in [6.45, 7) is 0.268. The summed E-state index contributed by atoms with van der Waals surface area (Å²) in [4.78, 5) is 0. The Hall–Kier alpha value is -1.81. The van der Waals surface area contributed by atoms with Crippen molar-refractivity contribution in [1.29, 1.82) is 0 Å². The van der Waals surface area contributed by atoms with E-state index in [9.17, 15) is 4.39 Å². The van der Waals surface area contributed by atoms with E-state index in [1.54, 1.807) is 30.5 Å². The van der Waals surface area contributed by atoms with Crippen molar-refractivity contribution in [2.45, 2.75) is 6.10 Å². The largest absolute Gasteiger partial charge is 0.481 e. The maximum Gasteiger partial charge on any atom is 0.168 e. The Morgan fingerprint density at radius 2 is 2.19 bits per heavy atom. The zero-order chi connectivity index (χ0) is 11.4. The number of halogens is 1. The van der Waals surface area contributed by atoms with Gasteiger partial charge in [-0.3, -0.25) is 0 Å². The fourth-order valence-electron chi connectivity index (χ4n) is 1.40. The topological polar surface area (TPSA) is 48.4 Å². The van der Waals surface area contributed by atoms with Gasteiger partial charge in [0, 0.05) is 12.6 Å². The molecule has 0 aliphatic rings. The summed E-state index contributed by atoms with van der Waals surface area (Å²) >= 11 is 0. The fraction of sp³-hybridized carbons (Fsp3) is 0.167. The minimum Gasteiger partial charge on any atom is -0.481 e. The molecular weight excluding hydrogens is 209 g/mol. The quantitative estimate of drug-likeness (QED) is 0.862. The first-order chi connectivity index (χ1) is 7.79. The van der Waals surface area contributed by atoms with Gasteiger partial charge in [0.15, 0.2) is 6.10 Å². The summed E-state index contributed by atoms with van der Waals surface area (Å²) < 4.78 is 23.6. The first kappa shape index (κ1) is 10.7. The maximum atomic E-state index is 12.9. The molecule has 2 N–H and O–H groups in total. The normalized spacial score (nSPS) is 12.4. The van der Waals surface area contributed by atoms with E-state index in [2.05, 4.69) is 0 Å². The van der Waals surface area contributed by atoms with Crippen LogP contribution in [-0.4, -0.2) is 6.54 Å². The maximum absolute atomic E-state index is 12.9. The van der Waals surface area contributed by atoms with Gasteiger partial charge >= 0.3 is 0 Å². The average molecular weight is 221 g/mol. The number of hydrogen-bond acceptors (Lipinski definition) is 3. The molecule has 3 nitrogen and oxygen atoms in total. The Bertz CT molecular complexity index is 442. The first-order valence-corrected chi connectivity index (χ1v) is 4.95. The predicted octanol–water partition coefficient (Wildman–Crippen LogP) is 2.50. The summed E-state index contributed by atoms with van der Waals surface area (Å²) in [6.07, 6.45) is 1.16. The minimum atomic E-state index is -0.392. The van der Waals surface area contributed by atoms with Gasteiger partial charge in [0.25, 0.3) is 0 Å². The lowest BCUT2D eigenvalue weighted by molar-refractivity contribution is 0.183. The van der Waals surface area contributed by atoms with Crippen LogP contribution in [0.15, 0.2) is 47.1 Å². The molecule has 0 saturated carbocycles. The van der Waals surface area contributed by atoms with Crippen molar-refractivity contribution in [3.63, 3.8) is 0 Å². The van der Waals surface area contributed by atoms with Crippen LogP contribution < -0.4 is 10.5 Å². The van der Waals surface area contributed by atoms with Gasteiger partial charge in [-0.25, -0.2) is 4.39 Å². The summed E-state index contributed by atoms with van der Waals surface area (Å²) in [6, 6.07) is 9.46. The molecule has 16 heavy (non-hydrogen) atoms. The molecule has 84 valence electrons. The number of ether oxygens (including phenoxy) is 1. The van der Waals surface area contributed by atoms with Crippen molar-refractivity contribution in [1.82, 2.24) is 0 Å². The van der Waals surface area contributed by atoms with Gasteiger partial charge in [-0.1, -0.05) is 6.07 Å². The van der Waals surface area contributed by atoms with Crippen molar-refractivity contribution >= 4 is 0 Å². The zero-order valence-corrected chi connectivity index (χ0v) is 8.60. The number of nitrogens with two attached hydrogens (primary N) is 1. The van der Waals surface area contributed by atoms with Gasteiger partial charge in [0.2, 0.25) is 0 Å². The Morgan fingerprint density at radius 1 is 1.31 bits per heavy atom. The predicted molar refractivity (Wildman–Crippen MR) is 57.5 cm³/mol. The number of benzene rings is 1. The SMILES string of the molecule is NCC(Oc1cccc(F)c1)c1ccco1. The van der Waals surface area contributed by atoms with Crippen LogP contribution in [0.1, 0.15) is 11.9 Å². The van der Waals surface area contributed by atoms with Gasteiger partial charge in [0.05, 0.1) is 6.26 Å². The summed E-state index contributed by atoms with van der Waals surface area (Å²) in [7, 11) is 0. The second kappa shape index (κ2) is 4.81. The molecule has 0 saturated heterocycles. The van der Waals surface area contributed by atoms with E-state index in [4.69, 9.17) is 14.9 Å². The van der Waals surface area contributed by atoms with Gasteiger partial charge < -0.3 is 14.9 Å². The third kappa shape index (κ3) is 2.41. The molecule has 0 bridgehead atoms.